The molecule has 0 saturated carbocycles. The number of halogens is 1. The summed E-state index contributed by atoms with van der Waals surface area (Å²) < 4.78 is 28.4. The number of para-hydroxylation sites is 2. The molecule has 0 radical (unpaired) electrons. The van der Waals surface area contributed by atoms with Gasteiger partial charge in [-0.05, 0) is 54.1 Å². The van der Waals surface area contributed by atoms with Crippen molar-refractivity contribution in [2.45, 2.75) is 9.79 Å². The Labute approximate surface area is 187 Å². The molecule has 8 nitrogen and oxygen atoms in total. The fraction of sp³-hybridized carbons (Fsp3) is 0. The zero-order valence-corrected chi connectivity index (χ0v) is 18.0. The Hall–Kier alpha value is -3.82. The van der Waals surface area contributed by atoms with E-state index >= 15 is 0 Å². The predicted molar refractivity (Wildman–Crippen MR) is 124 cm³/mol. The van der Waals surface area contributed by atoms with Gasteiger partial charge >= 0.3 is 0 Å². The summed E-state index contributed by atoms with van der Waals surface area (Å²) in [5, 5.41) is 4.83. The van der Waals surface area contributed by atoms with E-state index in [0.29, 0.717) is 16.1 Å². The van der Waals surface area contributed by atoms with E-state index in [-0.39, 0.29) is 26.8 Å². The Morgan fingerprint density at radius 1 is 0.938 bits per heavy atom. The molecule has 0 fully saturated rings. The lowest BCUT2D eigenvalue weighted by molar-refractivity contribution is 0.597. The average Bonchev–Trinajstić information content (AvgIpc) is 3.07. The van der Waals surface area contributed by atoms with Gasteiger partial charge in [-0.15, -0.1) is 0 Å². The molecule has 0 amide bonds. The van der Waals surface area contributed by atoms with Crippen LogP contribution in [-0.2, 0) is 9.84 Å². The molecular formula is C22H15ClN6O2S. The van der Waals surface area contributed by atoms with Crippen LogP contribution >= 0.6 is 11.6 Å². The van der Waals surface area contributed by atoms with Gasteiger partial charge in [0.1, 0.15) is 16.2 Å². The number of anilines is 1. The molecule has 158 valence electrons. The van der Waals surface area contributed by atoms with Crippen molar-refractivity contribution in [1.29, 1.82) is 0 Å². The van der Waals surface area contributed by atoms with Crippen molar-refractivity contribution in [1.82, 2.24) is 19.6 Å². The summed E-state index contributed by atoms with van der Waals surface area (Å²) in [7, 11) is -4.03. The summed E-state index contributed by atoms with van der Waals surface area (Å²) >= 11 is 5.93. The van der Waals surface area contributed by atoms with E-state index in [9.17, 15) is 8.42 Å². The minimum absolute atomic E-state index is 0.0423. The summed E-state index contributed by atoms with van der Waals surface area (Å²) in [5.41, 5.74) is 8.62. The summed E-state index contributed by atoms with van der Waals surface area (Å²) in [6, 6.07) is 16.6. The van der Waals surface area contributed by atoms with E-state index in [0.717, 1.165) is 5.56 Å². The second kappa shape index (κ2) is 7.70. The zero-order chi connectivity index (χ0) is 22.3. The van der Waals surface area contributed by atoms with Gasteiger partial charge in [0.2, 0.25) is 9.84 Å². The first-order valence-corrected chi connectivity index (χ1v) is 11.3. The van der Waals surface area contributed by atoms with Gasteiger partial charge in [0, 0.05) is 17.4 Å². The van der Waals surface area contributed by atoms with E-state index in [1.54, 1.807) is 48.9 Å². The molecule has 10 heteroatoms. The van der Waals surface area contributed by atoms with Crippen molar-refractivity contribution < 1.29 is 8.42 Å². The number of aromatic nitrogens is 4. The van der Waals surface area contributed by atoms with E-state index in [1.807, 2.05) is 6.07 Å². The van der Waals surface area contributed by atoms with Gasteiger partial charge in [0.25, 0.3) is 0 Å². The molecule has 5 aromatic rings. The number of rotatable bonds is 4. The van der Waals surface area contributed by atoms with Crippen LogP contribution in [-0.4, -0.2) is 34.3 Å². The van der Waals surface area contributed by atoms with E-state index in [1.165, 1.54) is 28.9 Å². The predicted octanol–water partition coefficient (Wildman–Crippen LogP) is 3.93. The van der Waals surface area contributed by atoms with Gasteiger partial charge in [-0.1, -0.05) is 23.7 Å². The van der Waals surface area contributed by atoms with Crippen molar-refractivity contribution in [3.05, 3.63) is 83.6 Å². The molecule has 0 aliphatic rings. The first-order valence-electron chi connectivity index (χ1n) is 9.47. The van der Waals surface area contributed by atoms with Gasteiger partial charge in [-0.2, -0.15) is 9.78 Å². The van der Waals surface area contributed by atoms with Crippen LogP contribution in [0, 0.1) is 0 Å². The molecule has 0 aliphatic carbocycles. The quantitative estimate of drug-likeness (QED) is 0.404. The molecule has 0 unspecified atom stereocenters. The number of pyridine rings is 1. The second-order valence-electron chi connectivity index (χ2n) is 6.89. The topological polar surface area (TPSA) is 116 Å². The lowest BCUT2D eigenvalue weighted by Crippen LogP contribution is -2.06. The Morgan fingerprint density at radius 2 is 1.59 bits per heavy atom. The highest BCUT2D eigenvalue weighted by Crippen LogP contribution is 2.35. The summed E-state index contributed by atoms with van der Waals surface area (Å²) in [6.45, 7) is 0. The third kappa shape index (κ3) is 3.37. The van der Waals surface area contributed by atoms with Gasteiger partial charge in [-0.25, -0.2) is 18.4 Å². The summed E-state index contributed by atoms with van der Waals surface area (Å²) in [4.78, 5) is 13.0. The normalized spacial score (nSPS) is 12.2. The van der Waals surface area contributed by atoms with Gasteiger partial charge in [-0.3, -0.25) is 4.98 Å². The largest absolute Gasteiger partial charge is 0.382 e. The number of nitrogens with zero attached hydrogens (tertiary/aromatic N) is 5. The SMILES string of the molecule is Nc1c(S(=O)(=O)c2ccc(Cl)cc2)c2nc3ccccc3nc2n1N=Cc1ccncc1. The lowest BCUT2D eigenvalue weighted by Gasteiger charge is -2.05. The van der Waals surface area contributed by atoms with Crippen molar-refractivity contribution >= 4 is 55.7 Å². The van der Waals surface area contributed by atoms with Crippen LogP contribution in [0.2, 0.25) is 5.02 Å². The number of nitrogens with two attached hydrogens (primary N) is 1. The van der Waals surface area contributed by atoms with Crippen LogP contribution < -0.4 is 5.73 Å². The molecule has 2 aromatic carbocycles. The fourth-order valence-electron chi connectivity index (χ4n) is 3.31. The number of benzene rings is 2. The van der Waals surface area contributed by atoms with Gasteiger partial charge in [0.05, 0.1) is 22.1 Å². The van der Waals surface area contributed by atoms with E-state index in [2.05, 4.69) is 20.1 Å². The lowest BCUT2D eigenvalue weighted by atomic mass is 10.3. The maximum atomic E-state index is 13.5. The van der Waals surface area contributed by atoms with Crippen molar-refractivity contribution in [3.8, 4) is 0 Å². The molecule has 32 heavy (non-hydrogen) atoms. The maximum Gasteiger partial charge on any atom is 0.212 e. The van der Waals surface area contributed by atoms with Crippen LogP contribution in [0.25, 0.3) is 22.2 Å². The number of hydrogen-bond donors (Lipinski definition) is 1. The van der Waals surface area contributed by atoms with E-state index in [4.69, 9.17) is 17.3 Å². The van der Waals surface area contributed by atoms with E-state index < -0.39 is 9.84 Å². The monoisotopic (exact) mass is 462 g/mol. The Kier molecular flexibility index (Phi) is 4.84. The van der Waals surface area contributed by atoms with Gasteiger partial charge < -0.3 is 5.73 Å². The summed E-state index contributed by atoms with van der Waals surface area (Å²) in [6.07, 6.45) is 4.80. The number of hydrogen-bond acceptors (Lipinski definition) is 7. The van der Waals surface area contributed by atoms with Crippen molar-refractivity contribution in [2.24, 2.45) is 5.10 Å². The molecule has 3 aromatic heterocycles. The third-order valence-electron chi connectivity index (χ3n) is 4.85. The molecule has 0 spiro atoms. The van der Waals surface area contributed by atoms with Crippen molar-refractivity contribution in [2.75, 3.05) is 5.73 Å². The third-order valence-corrected chi connectivity index (χ3v) is 6.93. The first-order chi connectivity index (χ1) is 15.4. The minimum atomic E-state index is -4.03. The van der Waals surface area contributed by atoms with Crippen LogP contribution in [0.5, 0.6) is 0 Å². The standard InChI is InChI=1S/C22H15ClN6O2S/c23-15-5-7-16(8-6-15)32(30,31)20-19-22(28-18-4-2-1-3-17(18)27-19)29(21(20)24)26-13-14-9-11-25-12-10-14/h1-13H,24H2. The van der Waals surface area contributed by atoms with Gasteiger partial charge in [0.15, 0.2) is 5.65 Å². The number of nitrogen functional groups attached to an aromatic ring is 1. The molecule has 0 saturated heterocycles. The first kappa shape index (κ1) is 20.1. The Bertz CT molecular complexity index is 1600. The molecular weight excluding hydrogens is 448 g/mol. The Morgan fingerprint density at radius 3 is 2.28 bits per heavy atom. The minimum Gasteiger partial charge on any atom is -0.382 e. The number of sulfone groups is 1. The second-order valence-corrected chi connectivity index (χ2v) is 9.22. The van der Waals surface area contributed by atoms with Crippen LogP contribution in [0.1, 0.15) is 5.56 Å². The highest BCUT2D eigenvalue weighted by Gasteiger charge is 2.30. The molecule has 3 heterocycles. The maximum absolute atomic E-state index is 13.5. The van der Waals surface area contributed by atoms with Crippen molar-refractivity contribution in [3.63, 3.8) is 0 Å². The molecule has 0 bridgehead atoms. The average molecular weight is 463 g/mol. The molecule has 0 atom stereocenters. The fourth-order valence-corrected chi connectivity index (χ4v) is 4.92. The highest BCUT2D eigenvalue weighted by atomic mass is 35.5. The molecule has 0 aliphatic heterocycles. The summed E-state index contributed by atoms with van der Waals surface area (Å²) in [5.74, 6) is -0.0874. The smallest absolute Gasteiger partial charge is 0.212 e. The highest BCUT2D eigenvalue weighted by molar-refractivity contribution is 7.92. The van der Waals surface area contributed by atoms with Crippen LogP contribution in [0.3, 0.4) is 0 Å². The van der Waals surface area contributed by atoms with Crippen LogP contribution in [0.15, 0.2) is 87.9 Å². The Balaban J connectivity index is 1.81. The zero-order valence-electron chi connectivity index (χ0n) is 16.4. The molecule has 5 rings (SSSR count). The van der Waals surface area contributed by atoms with Crippen LogP contribution in [0.4, 0.5) is 5.82 Å². The molecule has 2 N–H and O–H groups in total. The number of fused-ring (bicyclic) bond motifs is 2.